The van der Waals surface area contributed by atoms with Gasteiger partial charge in [-0.1, -0.05) is 0 Å². The van der Waals surface area contributed by atoms with E-state index >= 15 is 0 Å². The molecule has 0 aromatic carbocycles. The van der Waals surface area contributed by atoms with Crippen molar-refractivity contribution in [1.29, 1.82) is 0 Å². The average Bonchev–Trinajstić information content (AvgIpc) is 1.82. The van der Waals surface area contributed by atoms with Gasteiger partial charge in [0.15, 0.2) is 5.60 Å². The summed E-state index contributed by atoms with van der Waals surface area (Å²) in [5.74, 6) is -1.47. The summed E-state index contributed by atoms with van der Waals surface area (Å²) in [5, 5.41) is 17.4. The largest absolute Gasteiger partial charge is 0.479 e. The van der Waals surface area contributed by atoms with Crippen LogP contribution >= 0.6 is 0 Å². The SMILES string of the molecule is CC(O)(CNS(C)(=O)=O)C(=O)O. The van der Waals surface area contributed by atoms with Crippen LogP contribution in [0.5, 0.6) is 0 Å². The molecule has 0 radical (unpaired) electrons. The Labute approximate surface area is 70.3 Å². The van der Waals surface area contributed by atoms with Crippen molar-refractivity contribution in [2.24, 2.45) is 0 Å². The second-order valence-corrected chi connectivity index (χ2v) is 4.51. The molecule has 0 saturated heterocycles. The zero-order chi connectivity index (χ0) is 9.99. The summed E-state index contributed by atoms with van der Waals surface area (Å²) in [6, 6.07) is 0. The van der Waals surface area contributed by atoms with Gasteiger partial charge in [0.05, 0.1) is 6.26 Å². The number of aliphatic hydroxyl groups is 1. The van der Waals surface area contributed by atoms with Crippen LogP contribution in [0.3, 0.4) is 0 Å². The summed E-state index contributed by atoms with van der Waals surface area (Å²) in [6.07, 6.45) is 0.880. The first kappa shape index (κ1) is 11.3. The number of aliphatic carboxylic acids is 1. The maximum Gasteiger partial charge on any atom is 0.336 e. The summed E-state index contributed by atoms with van der Waals surface area (Å²) in [6.45, 7) is 0.467. The third kappa shape index (κ3) is 4.27. The van der Waals surface area contributed by atoms with Gasteiger partial charge in [0, 0.05) is 6.54 Å². The van der Waals surface area contributed by atoms with Crippen LogP contribution < -0.4 is 4.72 Å². The van der Waals surface area contributed by atoms with E-state index in [-0.39, 0.29) is 0 Å². The Bertz CT molecular complexity index is 268. The average molecular weight is 197 g/mol. The Kier molecular flexibility index (Phi) is 3.19. The van der Waals surface area contributed by atoms with E-state index in [9.17, 15) is 13.2 Å². The fraction of sp³-hybridized carbons (Fsp3) is 0.800. The van der Waals surface area contributed by atoms with Crippen LogP contribution in [-0.4, -0.2) is 43.0 Å². The molecule has 1 atom stereocenters. The number of carboxylic acids is 1. The minimum Gasteiger partial charge on any atom is -0.479 e. The van der Waals surface area contributed by atoms with Gasteiger partial charge in [-0.15, -0.1) is 0 Å². The normalized spacial score (nSPS) is 16.9. The van der Waals surface area contributed by atoms with Crippen molar-refractivity contribution < 1.29 is 23.4 Å². The van der Waals surface area contributed by atoms with Crippen molar-refractivity contribution in [3.63, 3.8) is 0 Å². The highest BCUT2D eigenvalue weighted by molar-refractivity contribution is 7.88. The Morgan fingerprint density at radius 3 is 2.25 bits per heavy atom. The Morgan fingerprint density at radius 1 is 1.58 bits per heavy atom. The molecular formula is C5H11NO5S. The van der Waals surface area contributed by atoms with Gasteiger partial charge >= 0.3 is 5.97 Å². The van der Waals surface area contributed by atoms with E-state index < -0.39 is 28.1 Å². The van der Waals surface area contributed by atoms with Crippen LogP contribution in [0, 0.1) is 0 Å². The molecule has 0 heterocycles. The number of sulfonamides is 1. The Balaban J connectivity index is 4.20. The predicted molar refractivity (Wildman–Crippen MR) is 41.1 cm³/mol. The molecule has 3 N–H and O–H groups in total. The molecule has 12 heavy (non-hydrogen) atoms. The van der Waals surface area contributed by atoms with Gasteiger partial charge in [-0.2, -0.15) is 0 Å². The summed E-state index contributed by atoms with van der Waals surface area (Å²) in [7, 11) is -3.46. The third-order valence-electron chi connectivity index (χ3n) is 1.14. The number of carbonyl (C=O) groups is 1. The zero-order valence-corrected chi connectivity index (χ0v) is 7.55. The second kappa shape index (κ2) is 3.38. The van der Waals surface area contributed by atoms with Crippen molar-refractivity contribution in [3.05, 3.63) is 0 Å². The van der Waals surface area contributed by atoms with E-state index in [1.807, 2.05) is 4.72 Å². The maximum absolute atomic E-state index is 10.5. The van der Waals surface area contributed by atoms with E-state index in [2.05, 4.69) is 0 Å². The molecule has 6 nitrogen and oxygen atoms in total. The molecule has 0 saturated carbocycles. The molecule has 0 amide bonds. The summed E-state index contributed by atoms with van der Waals surface area (Å²) in [4.78, 5) is 10.3. The zero-order valence-electron chi connectivity index (χ0n) is 6.73. The minimum atomic E-state index is -3.46. The molecule has 1 unspecified atom stereocenters. The van der Waals surface area contributed by atoms with Gasteiger partial charge in [0.25, 0.3) is 0 Å². The Morgan fingerprint density at radius 2 is 2.00 bits per heavy atom. The molecule has 0 aliphatic carbocycles. The third-order valence-corrected chi connectivity index (χ3v) is 1.81. The highest BCUT2D eigenvalue weighted by Crippen LogP contribution is 2.00. The quantitative estimate of drug-likeness (QED) is 0.502. The van der Waals surface area contributed by atoms with E-state index in [1.54, 1.807) is 0 Å². The van der Waals surface area contributed by atoms with Crippen LogP contribution in [0.1, 0.15) is 6.92 Å². The smallest absolute Gasteiger partial charge is 0.336 e. The number of rotatable bonds is 4. The number of hydrogen-bond acceptors (Lipinski definition) is 4. The van der Waals surface area contributed by atoms with Crippen LogP contribution in [-0.2, 0) is 14.8 Å². The first-order valence-corrected chi connectivity index (χ1v) is 4.95. The van der Waals surface area contributed by atoms with Gasteiger partial charge < -0.3 is 10.2 Å². The summed E-state index contributed by atoms with van der Waals surface area (Å²) >= 11 is 0. The van der Waals surface area contributed by atoms with Gasteiger partial charge in [-0.25, -0.2) is 17.9 Å². The van der Waals surface area contributed by atoms with Gasteiger partial charge in [-0.05, 0) is 6.92 Å². The topological polar surface area (TPSA) is 104 Å². The molecule has 0 aromatic rings. The van der Waals surface area contributed by atoms with Gasteiger partial charge in [-0.3, -0.25) is 0 Å². The second-order valence-electron chi connectivity index (χ2n) is 2.67. The molecule has 0 aromatic heterocycles. The molecular weight excluding hydrogens is 186 g/mol. The molecule has 7 heteroatoms. The molecule has 0 fully saturated rings. The van der Waals surface area contributed by atoms with Crippen molar-refractivity contribution >= 4 is 16.0 Å². The first-order valence-electron chi connectivity index (χ1n) is 3.05. The number of nitrogens with one attached hydrogen (secondary N) is 1. The standard InChI is InChI=1S/C5H11NO5S/c1-5(9,4(7)8)3-6-12(2,10)11/h6,9H,3H2,1-2H3,(H,7,8). The van der Waals surface area contributed by atoms with Crippen LogP contribution in [0.15, 0.2) is 0 Å². The number of hydrogen-bond donors (Lipinski definition) is 3. The molecule has 0 bridgehead atoms. The van der Waals surface area contributed by atoms with Crippen LogP contribution in [0.25, 0.3) is 0 Å². The summed E-state index contributed by atoms with van der Waals surface area (Å²) < 4.78 is 22.9. The molecule has 0 rings (SSSR count). The highest BCUT2D eigenvalue weighted by Gasteiger charge is 2.30. The lowest BCUT2D eigenvalue weighted by atomic mass is 10.1. The fourth-order valence-corrected chi connectivity index (χ4v) is 0.890. The lowest BCUT2D eigenvalue weighted by molar-refractivity contribution is -0.155. The van der Waals surface area contributed by atoms with Gasteiger partial charge in [0.1, 0.15) is 0 Å². The molecule has 0 spiro atoms. The molecule has 72 valence electrons. The van der Waals surface area contributed by atoms with Crippen LogP contribution in [0.2, 0.25) is 0 Å². The maximum atomic E-state index is 10.5. The van der Waals surface area contributed by atoms with Crippen molar-refractivity contribution in [2.45, 2.75) is 12.5 Å². The predicted octanol–water partition coefficient (Wildman–Crippen LogP) is -1.63. The minimum absolute atomic E-state index is 0.541. The molecule has 0 aliphatic heterocycles. The van der Waals surface area contributed by atoms with E-state index in [1.165, 1.54) is 0 Å². The first-order chi connectivity index (χ1) is 5.15. The van der Waals surface area contributed by atoms with Gasteiger partial charge in [0.2, 0.25) is 10.0 Å². The number of carboxylic acid groups (broad SMARTS) is 1. The van der Waals surface area contributed by atoms with E-state index in [0.717, 1.165) is 13.2 Å². The summed E-state index contributed by atoms with van der Waals surface area (Å²) in [5.41, 5.74) is -2.07. The fourth-order valence-electron chi connectivity index (χ4n) is 0.347. The van der Waals surface area contributed by atoms with Crippen molar-refractivity contribution in [2.75, 3.05) is 12.8 Å². The van der Waals surface area contributed by atoms with Crippen LogP contribution in [0.4, 0.5) is 0 Å². The highest BCUT2D eigenvalue weighted by atomic mass is 32.2. The van der Waals surface area contributed by atoms with E-state index in [4.69, 9.17) is 10.2 Å². The van der Waals surface area contributed by atoms with Crippen molar-refractivity contribution in [1.82, 2.24) is 4.72 Å². The van der Waals surface area contributed by atoms with Crippen molar-refractivity contribution in [3.8, 4) is 0 Å². The lowest BCUT2D eigenvalue weighted by Crippen LogP contribution is -2.46. The monoisotopic (exact) mass is 197 g/mol. The van der Waals surface area contributed by atoms with E-state index in [0.29, 0.717) is 0 Å². The Hall–Kier alpha value is -0.660. The molecule has 0 aliphatic rings. The lowest BCUT2D eigenvalue weighted by Gasteiger charge is -2.17.